The van der Waals surface area contributed by atoms with Crippen LogP contribution >= 0.6 is 11.6 Å². The molecule has 4 rings (SSSR count). The molecule has 16 heteroatoms. The van der Waals surface area contributed by atoms with Crippen molar-refractivity contribution in [3.8, 4) is 11.5 Å². The number of aromatic amines is 1. The highest BCUT2D eigenvalue weighted by molar-refractivity contribution is 7.89. The van der Waals surface area contributed by atoms with E-state index >= 15 is 0 Å². The molecule has 208 valence electrons. The highest BCUT2D eigenvalue weighted by atomic mass is 35.5. The summed E-state index contributed by atoms with van der Waals surface area (Å²) in [4.78, 5) is 39.4. The molecule has 3 N–H and O–H groups in total. The van der Waals surface area contributed by atoms with E-state index in [0.717, 1.165) is 28.8 Å². The first-order valence-electron chi connectivity index (χ1n) is 11.0. The number of alkyl halides is 3. The summed E-state index contributed by atoms with van der Waals surface area (Å²) in [6.07, 6.45) is -5.59. The van der Waals surface area contributed by atoms with Crippen LogP contribution in [-0.2, 0) is 33.3 Å². The molecule has 1 aliphatic rings. The minimum atomic E-state index is -5.64. The van der Waals surface area contributed by atoms with Crippen LogP contribution in [0.1, 0.15) is 11.1 Å². The number of sulfonamides is 1. The molecule has 3 aromatic rings. The van der Waals surface area contributed by atoms with Gasteiger partial charge in [-0.05, 0) is 48.4 Å². The van der Waals surface area contributed by atoms with Crippen LogP contribution < -0.4 is 30.8 Å². The number of methoxy groups -OCH3 is 2. The largest absolute Gasteiger partial charge is 0.493 e. The molecule has 0 saturated heterocycles. The molecular formula is C23H20ClF3N4O7S. The molecule has 1 atom stereocenters. The van der Waals surface area contributed by atoms with Gasteiger partial charge in [-0.3, -0.25) is 19.1 Å². The molecule has 0 bridgehead atoms. The second kappa shape index (κ2) is 10.1. The monoisotopic (exact) mass is 588 g/mol. The van der Waals surface area contributed by atoms with Crippen LogP contribution in [0.2, 0.25) is 5.02 Å². The van der Waals surface area contributed by atoms with Crippen molar-refractivity contribution in [3.63, 3.8) is 0 Å². The van der Waals surface area contributed by atoms with Crippen molar-refractivity contribution in [1.29, 1.82) is 0 Å². The number of carbonyl (C=O) groups is 1. The Morgan fingerprint density at radius 2 is 1.67 bits per heavy atom. The van der Waals surface area contributed by atoms with Gasteiger partial charge in [-0.25, -0.2) is 13.2 Å². The van der Waals surface area contributed by atoms with Crippen molar-refractivity contribution < 1.29 is 35.9 Å². The van der Waals surface area contributed by atoms with E-state index in [-0.39, 0.29) is 18.0 Å². The van der Waals surface area contributed by atoms with E-state index in [9.17, 15) is 36.0 Å². The van der Waals surface area contributed by atoms with Crippen LogP contribution in [0.5, 0.6) is 11.5 Å². The van der Waals surface area contributed by atoms with Crippen LogP contribution in [0.4, 0.5) is 19.0 Å². The predicted octanol–water partition coefficient (Wildman–Crippen LogP) is 2.14. The lowest BCUT2D eigenvalue weighted by Gasteiger charge is -2.29. The fraction of sp³-hybridized carbons (Fsp3) is 0.261. The number of fused-ring (bicyclic) bond motifs is 1. The fourth-order valence-corrected chi connectivity index (χ4v) is 5.61. The number of aromatic nitrogens is 2. The van der Waals surface area contributed by atoms with Crippen LogP contribution in [0.25, 0.3) is 0 Å². The number of anilines is 1. The second-order valence-electron chi connectivity index (χ2n) is 8.34. The van der Waals surface area contributed by atoms with E-state index in [1.54, 1.807) is 23.2 Å². The van der Waals surface area contributed by atoms with Gasteiger partial charge in [0.05, 0.1) is 24.7 Å². The highest BCUT2D eigenvalue weighted by Crippen LogP contribution is 2.46. The molecule has 0 spiro atoms. The number of halogens is 4. The van der Waals surface area contributed by atoms with Gasteiger partial charge in [0.2, 0.25) is 15.6 Å². The Morgan fingerprint density at radius 3 is 2.26 bits per heavy atom. The minimum Gasteiger partial charge on any atom is -0.493 e. The normalized spacial score (nSPS) is 17.0. The molecule has 0 fully saturated rings. The molecule has 1 aliphatic heterocycles. The molecule has 11 nitrogen and oxygen atoms in total. The standard InChI is InChI=1S/C23H20ClF3N4O7S/c1-37-15-8-3-12(11-16(15)38-2)9-10-31-18-17(19(32)29-21(31)34)22(20(33)28-18,23(25,26)27)30-39(35,36)14-6-4-13(24)5-7-14/h3-8,11,30H,9-10H2,1-2H3,(H,28,33)(H,29,32,34). The van der Waals surface area contributed by atoms with E-state index in [4.69, 9.17) is 21.1 Å². The van der Waals surface area contributed by atoms with Gasteiger partial charge < -0.3 is 14.8 Å². The number of ether oxygens (including phenoxy) is 2. The van der Waals surface area contributed by atoms with Gasteiger partial charge in [0, 0.05) is 11.6 Å². The zero-order valence-corrected chi connectivity index (χ0v) is 21.8. The second-order valence-corrected chi connectivity index (χ2v) is 10.5. The third-order valence-electron chi connectivity index (χ3n) is 6.06. The lowest BCUT2D eigenvalue weighted by atomic mass is 9.93. The number of hydrogen-bond donors (Lipinski definition) is 3. The molecule has 0 aliphatic carbocycles. The van der Waals surface area contributed by atoms with Crippen LogP contribution in [0.3, 0.4) is 0 Å². The van der Waals surface area contributed by atoms with Crippen LogP contribution in [0.15, 0.2) is 56.9 Å². The Kier molecular flexibility index (Phi) is 7.27. The third kappa shape index (κ3) is 4.88. The number of rotatable bonds is 8. The number of benzene rings is 2. The number of nitrogens with zero attached hydrogens (tertiary/aromatic N) is 1. The number of amides is 1. The van der Waals surface area contributed by atoms with E-state index in [0.29, 0.717) is 17.1 Å². The Morgan fingerprint density at radius 1 is 1.03 bits per heavy atom. The van der Waals surface area contributed by atoms with Gasteiger partial charge >= 0.3 is 11.9 Å². The number of carbonyl (C=O) groups excluding carboxylic acids is 1. The van der Waals surface area contributed by atoms with E-state index in [2.05, 4.69) is 0 Å². The lowest BCUT2D eigenvalue weighted by molar-refractivity contribution is -0.194. The maximum atomic E-state index is 14.6. The maximum absolute atomic E-state index is 14.6. The molecule has 2 aromatic carbocycles. The molecule has 2 heterocycles. The van der Waals surface area contributed by atoms with Gasteiger partial charge in [-0.1, -0.05) is 17.7 Å². The van der Waals surface area contributed by atoms with Gasteiger partial charge in [0.25, 0.3) is 11.5 Å². The van der Waals surface area contributed by atoms with Crippen molar-refractivity contribution in [3.05, 3.63) is 79.5 Å². The van der Waals surface area contributed by atoms with Crippen LogP contribution in [-0.4, -0.2) is 44.3 Å². The maximum Gasteiger partial charge on any atom is 0.421 e. The molecule has 39 heavy (non-hydrogen) atoms. The summed E-state index contributed by atoms with van der Waals surface area (Å²) < 4.78 is 82.2. The first-order chi connectivity index (χ1) is 18.2. The summed E-state index contributed by atoms with van der Waals surface area (Å²) in [7, 11) is -2.21. The Balaban J connectivity index is 1.82. The Hall–Kier alpha value is -3.82. The molecule has 1 amide bonds. The van der Waals surface area contributed by atoms with Crippen molar-refractivity contribution in [2.45, 2.75) is 29.6 Å². The zero-order valence-electron chi connectivity index (χ0n) is 20.2. The summed E-state index contributed by atoms with van der Waals surface area (Å²) in [5, 5.41) is 2.01. The summed E-state index contributed by atoms with van der Waals surface area (Å²) in [5.41, 5.74) is -7.48. The average molecular weight is 589 g/mol. The van der Waals surface area contributed by atoms with E-state index in [1.165, 1.54) is 18.9 Å². The first kappa shape index (κ1) is 28.2. The van der Waals surface area contributed by atoms with Gasteiger partial charge in [0.1, 0.15) is 5.82 Å². The van der Waals surface area contributed by atoms with Gasteiger partial charge in [-0.2, -0.15) is 17.9 Å². The smallest absolute Gasteiger partial charge is 0.421 e. The summed E-state index contributed by atoms with van der Waals surface area (Å²) in [6, 6.07) is 8.88. The van der Waals surface area contributed by atoms with Crippen molar-refractivity contribution in [1.82, 2.24) is 14.3 Å². The van der Waals surface area contributed by atoms with E-state index in [1.807, 2.05) is 5.32 Å². The zero-order chi connectivity index (χ0) is 28.8. The summed E-state index contributed by atoms with van der Waals surface area (Å²) >= 11 is 5.73. The summed E-state index contributed by atoms with van der Waals surface area (Å²) in [6.45, 7) is -0.300. The fourth-order valence-electron chi connectivity index (χ4n) is 4.15. The summed E-state index contributed by atoms with van der Waals surface area (Å²) in [5.74, 6) is -1.92. The third-order valence-corrected chi connectivity index (χ3v) is 7.78. The van der Waals surface area contributed by atoms with E-state index < -0.39 is 55.2 Å². The molecular weight excluding hydrogens is 569 g/mol. The molecule has 1 unspecified atom stereocenters. The number of aryl methyl sites for hydroxylation is 1. The quantitative estimate of drug-likeness (QED) is 0.365. The topological polar surface area (TPSA) is 149 Å². The molecule has 0 saturated carbocycles. The average Bonchev–Trinajstić information content (AvgIpc) is 3.16. The van der Waals surface area contributed by atoms with Crippen LogP contribution in [0, 0.1) is 0 Å². The predicted molar refractivity (Wildman–Crippen MR) is 133 cm³/mol. The van der Waals surface area contributed by atoms with Gasteiger partial charge in [0.15, 0.2) is 11.5 Å². The van der Waals surface area contributed by atoms with Crippen molar-refractivity contribution >= 4 is 33.3 Å². The molecule has 0 radical (unpaired) electrons. The highest BCUT2D eigenvalue weighted by Gasteiger charge is 2.69. The Bertz CT molecular complexity index is 1670. The number of nitrogens with one attached hydrogen (secondary N) is 3. The Labute approximate surface area is 223 Å². The van der Waals surface area contributed by atoms with Crippen molar-refractivity contribution in [2.75, 3.05) is 19.5 Å². The minimum absolute atomic E-state index is 0.0458. The SMILES string of the molecule is COc1ccc(CCn2c3c(c(=O)[nH]c2=O)C(NS(=O)(=O)c2ccc(Cl)cc2)(C(F)(F)F)C(=O)N3)cc1OC. The number of H-pyrrole nitrogens is 1. The van der Waals surface area contributed by atoms with Crippen molar-refractivity contribution in [2.24, 2.45) is 0 Å². The lowest BCUT2D eigenvalue weighted by Crippen LogP contribution is -2.61. The number of hydrogen-bond acceptors (Lipinski definition) is 7. The molecule has 1 aromatic heterocycles. The first-order valence-corrected chi connectivity index (χ1v) is 12.9. The van der Waals surface area contributed by atoms with Gasteiger partial charge in [-0.15, -0.1) is 0 Å².